The van der Waals surface area contributed by atoms with Gasteiger partial charge in [-0.05, 0) is 48.5 Å². The summed E-state index contributed by atoms with van der Waals surface area (Å²) in [6.45, 7) is -1.11. The van der Waals surface area contributed by atoms with Crippen LogP contribution in [0.4, 0.5) is 4.39 Å². The SMILES string of the molecule is COc1ccccc1/C=N\NC(=O)CN(Cc1c(F)cccc1Cl)S(=O)(=O)c1ccc(Cl)cc1. The standard InChI is InChI=1S/C23H20Cl2FN3O4S/c1-33-22-8-3-2-5-16(22)13-27-28-23(30)15-29(14-19-20(25)6-4-7-21(19)26)34(31,32)18-11-9-17(24)10-12-18/h2-13H,14-15H2,1H3,(H,28,30)/b27-13-. The summed E-state index contributed by atoms with van der Waals surface area (Å²) < 4.78 is 47.0. The van der Waals surface area contributed by atoms with Crippen molar-refractivity contribution in [1.82, 2.24) is 9.73 Å². The molecule has 0 spiro atoms. The highest BCUT2D eigenvalue weighted by Gasteiger charge is 2.28. The van der Waals surface area contributed by atoms with Crippen molar-refractivity contribution in [2.45, 2.75) is 11.4 Å². The Kier molecular flexibility index (Phi) is 8.62. The number of methoxy groups -OCH3 is 1. The zero-order chi connectivity index (χ0) is 24.7. The summed E-state index contributed by atoms with van der Waals surface area (Å²) in [7, 11) is -2.72. The van der Waals surface area contributed by atoms with E-state index in [0.29, 0.717) is 16.3 Å². The highest BCUT2D eigenvalue weighted by molar-refractivity contribution is 7.89. The topological polar surface area (TPSA) is 88.1 Å². The third-order valence-corrected chi connectivity index (χ3v) is 7.11. The number of hydrogen-bond donors (Lipinski definition) is 1. The van der Waals surface area contributed by atoms with E-state index < -0.39 is 34.8 Å². The molecule has 0 fully saturated rings. The van der Waals surface area contributed by atoms with Gasteiger partial charge in [0.1, 0.15) is 11.6 Å². The first kappa shape index (κ1) is 25.6. The van der Waals surface area contributed by atoms with Crippen molar-refractivity contribution in [3.8, 4) is 5.75 Å². The average molecular weight is 524 g/mol. The molecule has 11 heteroatoms. The van der Waals surface area contributed by atoms with Crippen LogP contribution in [0.1, 0.15) is 11.1 Å². The lowest BCUT2D eigenvalue weighted by atomic mass is 10.2. The van der Waals surface area contributed by atoms with Gasteiger partial charge in [0.05, 0.1) is 24.8 Å². The highest BCUT2D eigenvalue weighted by atomic mass is 35.5. The molecule has 0 heterocycles. The minimum Gasteiger partial charge on any atom is -0.496 e. The fraction of sp³-hybridized carbons (Fsp3) is 0.130. The molecule has 0 bridgehead atoms. The Morgan fingerprint density at radius 1 is 1.09 bits per heavy atom. The van der Waals surface area contributed by atoms with Gasteiger partial charge in [-0.25, -0.2) is 18.2 Å². The Morgan fingerprint density at radius 3 is 2.47 bits per heavy atom. The summed E-state index contributed by atoms with van der Waals surface area (Å²) in [6.07, 6.45) is 1.36. The lowest BCUT2D eigenvalue weighted by molar-refractivity contribution is -0.121. The van der Waals surface area contributed by atoms with E-state index in [-0.39, 0.29) is 15.5 Å². The molecule has 0 saturated heterocycles. The first-order valence-corrected chi connectivity index (χ1v) is 12.1. The molecular formula is C23H20Cl2FN3O4S. The fourth-order valence-electron chi connectivity index (χ4n) is 2.98. The average Bonchev–Trinajstić information content (AvgIpc) is 2.81. The molecule has 0 aliphatic heterocycles. The molecule has 0 aliphatic rings. The van der Waals surface area contributed by atoms with Gasteiger partial charge >= 0.3 is 0 Å². The Morgan fingerprint density at radius 2 is 1.79 bits per heavy atom. The number of carbonyl (C=O) groups is 1. The summed E-state index contributed by atoms with van der Waals surface area (Å²) in [4.78, 5) is 12.5. The quantitative estimate of drug-likeness (QED) is 0.330. The van der Waals surface area contributed by atoms with Crippen molar-refractivity contribution in [2.24, 2.45) is 5.10 Å². The van der Waals surface area contributed by atoms with Crippen LogP contribution in [-0.4, -0.2) is 38.5 Å². The van der Waals surface area contributed by atoms with Crippen LogP contribution in [0.15, 0.2) is 76.7 Å². The maximum atomic E-state index is 14.4. The molecule has 1 N–H and O–H groups in total. The molecule has 3 rings (SSSR count). The Hall–Kier alpha value is -2.98. The predicted molar refractivity (Wildman–Crippen MR) is 129 cm³/mol. The second-order valence-corrected chi connectivity index (χ2v) is 9.74. The minimum atomic E-state index is -4.22. The molecule has 0 saturated carbocycles. The maximum absolute atomic E-state index is 14.4. The second kappa shape index (κ2) is 11.4. The number of amides is 1. The number of nitrogens with zero attached hydrogens (tertiary/aromatic N) is 2. The van der Waals surface area contributed by atoms with Crippen molar-refractivity contribution in [3.05, 3.63) is 93.7 Å². The van der Waals surface area contributed by atoms with Crippen LogP contribution < -0.4 is 10.2 Å². The molecule has 3 aromatic rings. The van der Waals surface area contributed by atoms with Crippen LogP contribution >= 0.6 is 23.2 Å². The maximum Gasteiger partial charge on any atom is 0.255 e. The number of sulfonamides is 1. The number of para-hydroxylation sites is 1. The van der Waals surface area contributed by atoms with Gasteiger partial charge in [0.15, 0.2) is 0 Å². The molecule has 0 aromatic heterocycles. The number of hydrazone groups is 1. The van der Waals surface area contributed by atoms with E-state index >= 15 is 0 Å². The summed E-state index contributed by atoms with van der Waals surface area (Å²) in [5, 5.41) is 4.24. The zero-order valence-corrected chi connectivity index (χ0v) is 20.2. The Labute approximate surface area is 206 Å². The molecule has 0 aliphatic carbocycles. The highest BCUT2D eigenvalue weighted by Crippen LogP contribution is 2.25. The van der Waals surface area contributed by atoms with Gasteiger partial charge in [-0.2, -0.15) is 9.41 Å². The number of ether oxygens (including phenoxy) is 1. The smallest absolute Gasteiger partial charge is 0.255 e. The van der Waals surface area contributed by atoms with Gasteiger partial charge in [0, 0.05) is 27.7 Å². The van der Waals surface area contributed by atoms with Crippen molar-refractivity contribution < 1.29 is 22.3 Å². The lowest BCUT2D eigenvalue weighted by Crippen LogP contribution is -2.39. The Bertz CT molecular complexity index is 1280. The molecular weight excluding hydrogens is 504 g/mol. The molecule has 34 heavy (non-hydrogen) atoms. The third kappa shape index (κ3) is 6.32. The molecule has 1 amide bonds. The monoisotopic (exact) mass is 523 g/mol. The number of benzene rings is 3. The molecule has 0 atom stereocenters. The van der Waals surface area contributed by atoms with E-state index in [2.05, 4.69) is 10.5 Å². The molecule has 3 aromatic carbocycles. The predicted octanol–water partition coefficient (Wildman–Crippen LogP) is 4.48. The van der Waals surface area contributed by atoms with Gasteiger partial charge < -0.3 is 4.74 Å². The molecule has 0 unspecified atom stereocenters. The van der Waals surface area contributed by atoms with Crippen LogP contribution in [0.3, 0.4) is 0 Å². The van der Waals surface area contributed by atoms with E-state index in [1.807, 2.05) is 0 Å². The van der Waals surface area contributed by atoms with Crippen molar-refractivity contribution >= 4 is 45.3 Å². The van der Waals surface area contributed by atoms with Crippen LogP contribution in [0.25, 0.3) is 0 Å². The zero-order valence-electron chi connectivity index (χ0n) is 17.9. The van der Waals surface area contributed by atoms with E-state index in [1.54, 1.807) is 24.3 Å². The first-order valence-electron chi connectivity index (χ1n) is 9.86. The summed E-state index contributed by atoms with van der Waals surface area (Å²) in [5.74, 6) is -0.892. The summed E-state index contributed by atoms with van der Waals surface area (Å²) >= 11 is 12.0. The summed E-state index contributed by atoms with van der Waals surface area (Å²) in [6, 6.07) is 16.4. The van der Waals surface area contributed by atoms with Gasteiger partial charge in [-0.1, -0.05) is 41.4 Å². The fourth-order valence-corrected chi connectivity index (χ4v) is 4.70. The number of hydrogen-bond acceptors (Lipinski definition) is 5. The van der Waals surface area contributed by atoms with Gasteiger partial charge in [-0.15, -0.1) is 0 Å². The van der Waals surface area contributed by atoms with Crippen LogP contribution in [0, 0.1) is 5.82 Å². The lowest BCUT2D eigenvalue weighted by Gasteiger charge is -2.22. The van der Waals surface area contributed by atoms with Gasteiger partial charge in [-0.3, -0.25) is 4.79 Å². The molecule has 178 valence electrons. The van der Waals surface area contributed by atoms with E-state index in [4.69, 9.17) is 27.9 Å². The van der Waals surface area contributed by atoms with Crippen LogP contribution in [0.5, 0.6) is 5.75 Å². The number of carbonyl (C=O) groups excluding carboxylic acids is 1. The first-order chi connectivity index (χ1) is 16.2. The van der Waals surface area contributed by atoms with Gasteiger partial charge in [0.2, 0.25) is 10.0 Å². The van der Waals surface area contributed by atoms with Crippen molar-refractivity contribution in [2.75, 3.05) is 13.7 Å². The Balaban J connectivity index is 1.85. The number of rotatable bonds is 9. The minimum absolute atomic E-state index is 0.0332. The van der Waals surface area contributed by atoms with E-state index in [9.17, 15) is 17.6 Å². The molecule has 0 radical (unpaired) electrons. The summed E-state index contributed by atoms with van der Waals surface area (Å²) in [5.41, 5.74) is 2.82. The number of halogens is 3. The largest absolute Gasteiger partial charge is 0.496 e. The van der Waals surface area contributed by atoms with Crippen LogP contribution in [0.2, 0.25) is 10.0 Å². The van der Waals surface area contributed by atoms with Crippen molar-refractivity contribution in [3.63, 3.8) is 0 Å². The normalized spacial score (nSPS) is 11.7. The molecule has 7 nitrogen and oxygen atoms in total. The van der Waals surface area contributed by atoms with Crippen LogP contribution in [-0.2, 0) is 21.4 Å². The van der Waals surface area contributed by atoms with Crippen molar-refractivity contribution in [1.29, 1.82) is 0 Å². The van der Waals surface area contributed by atoms with E-state index in [1.165, 1.54) is 49.7 Å². The third-order valence-electron chi connectivity index (χ3n) is 4.70. The second-order valence-electron chi connectivity index (χ2n) is 6.96. The number of nitrogens with one attached hydrogen (secondary N) is 1. The van der Waals surface area contributed by atoms with E-state index in [0.717, 1.165) is 10.4 Å². The van der Waals surface area contributed by atoms with Gasteiger partial charge in [0.25, 0.3) is 5.91 Å².